The van der Waals surface area contributed by atoms with Gasteiger partial charge in [0, 0.05) is 12.6 Å². The van der Waals surface area contributed by atoms with E-state index in [9.17, 15) is 4.79 Å². The van der Waals surface area contributed by atoms with Crippen molar-refractivity contribution < 1.29 is 4.79 Å². The molecule has 112 valence electrons. The van der Waals surface area contributed by atoms with Crippen LogP contribution >= 0.6 is 0 Å². The Morgan fingerprint density at radius 3 is 2.67 bits per heavy atom. The van der Waals surface area contributed by atoms with Gasteiger partial charge in [-0.2, -0.15) is 5.26 Å². The number of amides is 1. The maximum atomic E-state index is 11.4. The first-order valence-corrected chi connectivity index (χ1v) is 7.41. The van der Waals surface area contributed by atoms with E-state index in [0.29, 0.717) is 12.6 Å². The lowest BCUT2D eigenvalue weighted by Crippen LogP contribution is -2.45. The number of benzene rings is 1. The van der Waals surface area contributed by atoms with Gasteiger partial charge in [-0.05, 0) is 31.5 Å². The van der Waals surface area contributed by atoms with E-state index in [1.807, 2.05) is 12.1 Å². The van der Waals surface area contributed by atoms with E-state index in [-0.39, 0.29) is 12.5 Å². The molecule has 2 rings (SSSR count). The summed E-state index contributed by atoms with van der Waals surface area (Å²) in [5.41, 5.74) is 1.35. The summed E-state index contributed by atoms with van der Waals surface area (Å²) >= 11 is 0. The van der Waals surface area contributed by atoms with Crippen LogP contribution in [0.2, 0.25) is 0 Å². The minimum atomic E-state index is -0.108. The van der Waals surface area contributed by atoms with Crippen LogP contribution < -0.4 is 10.6 Å². The topological polar surface area (TPSA) is 68.2 Å². The number of nitrogens with one attached hydrogen (secondary N) is 2. The molecule has 1 aliphatic rings. The average Bonchev–Trinajstić information content (AvgIpc) is 2.53. The van der Waals surface area contributed by atoms with E-state index in [1.54, 1.807) is 0 Å². The molecule has 0 bridgehead atoms. The molecule has 1 heterocycles. The van der Waals surface area contributed by atoms with Gasteiger partial charge in [-0.15, -0.1) is 0 Å². The van der Waals surface area contributed by atoms with Crippen molar-refractivity contribution in [2.75, 3.05) is 26.2 Å². The number of nitrogens with zero attached hydrogens (tertiary/aromatic N) is 2. The molecular weight excluding hydrogens is 264 g/mol. The second-order valence-corrected chi connectivity index (χ2v) is 5.35. The van der Waals surface area contributed by atoms with Gasteiger partial charge >= 0.3 is 0 Å². The molecule has 0 spiro atoms. The summed E-state index contributed by atoms with van der Waals surface area (Å²) in [6.07, 6.45) is 2.11. The number of carbonyl (C=O) groups excluding carboxylic acids is 1. The van der Waals surface area contributed by atoms with Gasteiger partial charge in [0.1, 0.15) is 6.54 Å². The highest BCUT2D eigenvalue weighted by Gasteiger charge is 2.19. The van der Waals surface area contributed by atoms with Gasteiger partial charge in [0.05, 0.1) is 12.6 Å². The summed E-state index contributed by atoms with van der Waals surface area (Å²) < 4.78 is 0. The van der Waals surface area contributed by atoms with Crippen molar-refractivity contribution in [1.29, 1.82) is 5.26 Å². The highest BCUT2D eigenvalue weighted by Crippen LogP contribution is 2.13. The molecular formula is C16H22N4O. The lowest BCUT2D eigenvalue weighted by Gasteiger charge is -2.32. The van der Waals surface area contributed by atoms with Gasteiger partial charge in [-0.1, -0.05) is 30.3 Å². The summed E-state index contributed by atoms with van der Waals surface area (Å²) in [4.78, 5) is 13.9. The first-order valence-electron chi connectivity index (χ1n) is 7.41. The molecule has 5 nitrogen and oxygen atoms in total. The summed E-state index contributed by atoms with van der Waals surface area (Å²) in [6.45, 7) is 3.47. The Labute approximate surface area is 125 Å². The first-order chi connectivity index (χ1) is 10.3. The molecule has 5 heteroatoms. The van der Waals surface area contributed by atoms with E-state index in [2.05, 4.69) is 39.8 Å². The average molecular weight is 286 g/mol. The molecule has 0 unspecified atom stereocenters. The Bertz CT molecular complexity index is 475. The van der Waals surface area contributed by atoms with E-state index in [4.69, 9.17) is 5.26 Å². The summed E-state index contributed by atoms with van der Waals surface area (Å²) in [7, 11) is 0. The van der Waals surface area contributed by atoms with E-state index in [1.165, 1.54) is 5.56 Å². The fourth-order valence-electron chi connectivity index (χ4n) is 2.57. The predicted octanol–water partition coefficient (Wildman–Crippen LogP) is 0.880. The number of rotatable bonds is 6. The number of carbonyl (C=O) groups is 1. The predicted molar refractivity (Wildman–Crippen MR) is 81.4 cm³/mol. The largest absolute Gasteiger partial charge is 0.342 e. The summed E-state index contributed by atoms with van der Waals surface area (Å²) in [5.74, 6) is -0.108. The lowest BCUT2D eigenvalue weighted by molar-refractivity contribution is -0.120. The number of likely N-dealkylation sites (tertiary alicyclic amines) is 1. The molecule has 0 aromatic heterocycles. The van der Waals surface area contributed by atoms with Crippen molar-refractivity contribution in [3.8, 4) is 6.07 Å². The monoisotopic (exact) mass is 286 g/mol. The Morgan fingerprint density at radius 1 is 1.29 bits per heavy atom. The molecule has 0 radical (unpaired) electrons. The van der Waals surface area contributed by atoms with Crippen LogP contribution in [0.3, 0.4) is 0 Å². The normalized spacial score (nSPS) is 16.3. The maximum absolute atomic E-state index is 11.4. The van der Waals surface area contributed by atoms with Crippen LogP contribution in [-0.2, 0) is 11.3 Å². The van der Waals surface area contributed by atoms with Crippen molar-refractivity contribution >= 4 is 5.91 Å². The van der Waals surface area contributed by atoms with Crippen LogP contribution in [0, 0.1) is 11.3 Å². The fraction of sp³-hybridized carbons (Fsp3) is 0.500. The van der Waals surface area contributed by atoms with Crippen molar-refractivity contribution in [2.45, 2.75) is 25.4 Å². The molecule has 0 atom stereocenters. The van der Waals surface area contributed by atoms with Crippen molar-refractivity contribution in [2.24, 2.45) is 0 Å². The Kier molecular flexibility index (Phi) is 6.20. The molecule has 0 aliphatic carbocycles. The molecule has 0 saturated carbocycles. The van der Waals surface area contributed by atoms with Gasteiger partial charge in [0.2, 0.25) is 5.91 Å². The van der Waals surface area contributed by atoms with Crippen LogP contribution in [0.15, 0.2) is 30.3 Å². The molecule has 1 fully saturated rings. The minimum absolute atomic E-state index is 0.0794. The van der Waals surface area contributed by atoms with E-state index < -0.39 is 0 Å². The fourth-order valence-corrected chi connectivity index (χ4v) is 2.57. The van der Waals surface area contributed by atoms with Crippen LogP contribution in [0.25, 0.3) is 0 Å². The molecule has 21 heavy (non-hydrogen) atoms. The highest BCUT2D eigenvalue weighted by atomic mass is 16.1. The summed E-state index contributed by atoms with van der Waals surface area (Å²) in [5, 5.41) is 14.2. The van der Waals surface area contributed by atoms with Crippen molar-refractivity contribution in [3.05, 3.63) is 35.9 Å². The molecule has 1 aromatic carbocycles. The Morgan fingerprint density at radius 2 is 2.00 bits per heavy atom. The standard InChI is InChI=1S/C16H22N4O/c17-8-9-18-16(21)12-19-15-6-10-20(11-7-15)13-14-4-2-1-3-5-14/h1-5,15,19H,6-7,9-13H2,(H,18,21). The van der Waals surface area contributed by atoms with E-state index in [0.717, 1.165) is 32.5 Å². The molecule has 1 saturated heterocycles. The zero-order valence-corrected chi connectivity index (χ0v) is 12.2. The van der Waals surface area contributed by atoms with Gasteiger partial charge in [0.25, 0.3) is 0 Å². The zero-order valence-electron chi connectivity index (χ0n) is 12.2. The van der Waals surface area contributed by atoms with Crippen molar-refractivity contribution in [1.82, 2.24) is 15.5 Å². The molecule has 1 aliphatic heterocycles. The highest BCUT2D eigenvalue weighted by molar-refractivity contribution is 5.78. The second-order valence-electron chi connectivity index (χ2n) is 5.35. The SMILES string of the molecule is N#CCNC(=O)CNC1CCN(Cc2ccccc2)CC1. The van der Waals surface area contributed by atoms with Gasteiger partial charge < -0.3 is 10.6 Å². The van der Waals surface area contributed by atoms with Gasteiger partial charge in [-0.3, -0.25) is 9.69 Å². The molecule has 2 N–H and O–H groups in total. The second kappa shape index (κ2) is 8.40. The number of hydrogen-bond acceptors (Lipinski definition) is 4. The number of hydrogen-bond donors (Lipinski definition) is 2. The maximum Gasteiger partial charge on any atom is 0.234 e. The van der Waals surface area contributed by atoms with E-state index >= 15 is 0 Å². The zero-order chi connectivity index (χ0) is 14.9. The Balaban J connectivity index is 1.64. The molecule has 1 aromatic rings. The van der Waals surface area contributed by atoms with Crippen LogP contribution in [0.1, 0.15) is 18.4 Å². The quantitative estimate of drug-likeness (QED) is 0.762. The summed E-state index contributed by atoms with van der Waals surface area (Å²) in [6, 6.07) is 12.8. The van der Waals surface area contributed by atoms with Gasteiger partial charge in [-0.25, -0.2) is 0 Å². The first kappa shape index (κ1) is 15.5. The Hall–Kier alpha value is -1.90. The number of piperidine rings is 1. The molecule has 1 amide bonds. The minimum Gasteiger partial charge on any atom is -0.342 e. The number of nitriles is 1. The third-order valence-corrected chi connectivity index (χ3v) is 3.75. The third-order valence-electron chi connectivity index (χ3n) is 3.75. The van der Waals surface area contributed by atoms with Crippen LogP contribution in [0.5, 0.6) is 0 Å². The smallest absolute Gasteiger partial charge is 0.234 e. The third kappa shape index (κ3) is 5.54. The lowest BCUT2D eigenvalue weighted by atomic mass is 10.0. The van der Waals surface area contributed by atoms with Gasteiger partial charge in [0.15, 0.2) is 0 Å². The van der Waals surface area contributed by atoms with Crippen LogP contribution in [0.4, 0.5) is 0 Å². The van der Waals surface area contributed by atoms with Crippen molar-refractivity contribution in [3.63, 3.8) is 0 Å². The van der Waals surface area contributed by atoms with Crippen LogP contribution in [-0.4, -0.2) is 43.0 Å².